The van der Waals surface area contributed by atoms with Gasteiger partial charge in [0.2, 0.25) is 11.8 Å². The summed E-state index contributed by atoms with van der Waals surface area (Å²) >= 11 is 2.73. The number of amides is 2. The Balaban J connectivity index is 1.45. The van der Waals surface area contributed by atoms with Gasteiger partial charge in [0, 0.05) is 24.0 Å². The molecule has 0 aliphatic carbocycles. The number of anilines is 1. The van der Waals surface area contributed by atoms with Gasteiger partial charge in [-0.1, -0.05) is 0 Å². The zero-order chi connectivity index (χ0) is 18.4. The van der Waals surface area contributed by atoms with Crippen molar-refractivity contribution in [3.8, 4) is 17.0 Å². The van der Waals surface area contributed by atoms with E-state index in [4.69, 9.17) is 4.74 Å². The summed E-state index contributed by atoms with van der Waals surface area (Å²) in [6.07, 6.45) is 2.16. The van der Waals surface area contributed by atoms with E-state index in [1.54, 1.807) is 7.11 Å². The minimum absolute atomic E-state index is 0.122. The van der Waals surface area contributed by atoms with Crippen molar-refractivity contribution in [2.45, 2.75) is 12.8 Å². The van der Waals surface area contributed by atoms with Gasteiger partial charge in [-0.25, -0.2) is 4.98 Å². The van der Waals surface area contributed by atoms with Crippen LogP contribution in [0.15, 0.2) is 29.6 Å². The zero-order valence-corrected chi connectivity index (χ0v) is 16.2. The lowest BCUT2D eigenvalue weighted by Gasteiger charge is -2.14. The van der Waals surface area contributed by atoms with Gasteiger partial charge < -0.3 is 15.0 Å². The van der Waals surface area contributed by atoms with Gasteiger partial charge in [-0.15, -0.1) is 23.1 Å². The molecule has 1 fully saturated rings. The third-order valence-corrected chi connectivity index (χ3v) is 5.73. The molecule has 2 heterocycles. The lowest BCUT2D eigenvalue weighted by molar-refractivity contribution is -0.127. The average Bonchev–Trinajstić information content (AvgIpc) is 3.34. The SMILES string of the molecule is COc1ccc(-c2csc(NC(=O)CSCC(=O)N3CCCC3)n2)cc1. The first kappa shape index (κ1) is 18.7. The fourth-order valence-electron chi connectivity index (χ4n) is 2.67. The Morgan fingerprint density at radius 2 is 1.96 bits per heavy atom. The Hall–Kier alpha value is -2.06. The Morgan fingerprint density at radius 1 is 1.23 bits per heavy atom. The quantitative estimate of drug-likeness (QED) is 0.785. The van der Waals surface area contributed by atoms with Crippen molar-refractivity contribution in [3.63, 3.8) is 0 Å². The number of hydrogen-bond acceptors (Lipinski definition) is 6. The number of likely N-dealkylation sites (tertiary alicyclic amines) is 1. The summed E-state index contributed by atoms with van der Waals surface area (Å²) in [6.45, 7) is 1.69. The maximum absolute atomic E-state index is 12.0. The molecule has 1 N–H and O–H groups in total. The molecule has 138 valence electrons. The molecule has 3 rings (SSSR count). The molecule has 1 saturated heterocycles. The van der Waals surface area contributed by atoms with Crippen LogP contribution in [0.3, 0.4) is 0 Å². The summed E-state index contributed by atoms with van der Waals surface area (Å²) in [5, 5.41) is 5.26. The normalized spacial score (nSPS) is 13.7. The van der Waals surface area contributed by atoms with Crippen molar-refractivity contribution in [1.82, 2.24) is 9.88 Å². The Morgan fingerprint density at radius 3 is 2.65 bits per heavy atom. The number of nitrogens with zero attached hydrogens (tertiary/aromatic N) is 2. The number of carbonyl (C=O) groups excluding carboxylic acids is 2. The molecule has 26 heavy (non-hydrogen) atoms. The zero-order valence-electron chi connectivity index (χ0n) is 14.6. The highest BCUT2D eigenvalue weighted by atomic mass is 32.2. The van der Waals surface area contributed by atoms with Crippen LogP contribution in [0.5, 0.6) is 5.75 Å². The Labute approximate surface area is 160 Å². The molecule has 8 heteroatoms. The smallest absolute Gasteiger partial charge is 0.236 e. The van der Waals surface area contributed by atoms with Crippen LogP contribution in [-0.4, -0.2) is 53.4 Å². The van der Waals surface area contributed by atoms with Crippen LogP contribution < -0.4 is 10.1 Å². The molecule has 1 aromatic heterocycles. The van der Waals surface area contributed by atoms with Crippen LogP contribution in [-0.2, 0) is 9.59 Å². The summed E-state index contributed by atoms with van der Waals surface area (Å²) in [4.78, 5) is 30.3. The molecular formula is C18H21N3O3S2. The van der Waals surface area contributed by atoms with Crippen molar-refractivity contribution in [1.29, 1.82) is 0 Å². The molecule has 2 amide bonds. The summed E-state index contributed by atoms with van der Waals surface area (Å²) in [5.74, 6) is 1.37. The molecule has 0 saturated carbocycles. The predicted molar refractivity (Wildman–Crippen MR) is 106 cm³/mol. The number of rotatable bonds is 7. The van der Waals surface area contributed by atoms with E-state index in [0.717, 1.165) is 42.9 Å². The Kier molecular flexibility index (Phi) is 6.51. The van der Waals surface area contributed by atoms with Crippen molar-refractivity contribution < 1.29 is 14.3 Å². The lowest BCUT2D eigenvalue weighted by Crippen LogP contribution is -2.29. The Bertz CT molecular complexity index is 755. The number of thiazole rings is 1. The summed E-state index contributed by atoms with van der Waals surface area (Å²) in [5.41, 5.74) is 1.78. The first-order valence-corrected chi connectivity index (χ1v) is 10.4. The minimum atomic E-state index is -0.139. The number of ether oxygens (including phenoxy) is 1. The highest BCUT2D eigenvalue weighted by molar-refractivity contribution is 8.00. The monoisotopic (exact) mass is 391 g/mol. The molecule has 0 bridgehead atoms. The van der Waals surface area contributed by atoms with Gasteiger partial charge in [0.25, 0.3) is 0 Å². The molecule has 0 spiro atoms. The van der Waals surface area contributed by atoms with E-state index in [1.165, 1.54) is 23.1 Å². The maximum Gasteiger partial charge on any atom is 0.236 e. The van der Waals surface area contributed by atoms with Crippen molar-refractivity contribution >= 4 is 40.0 Å². The van der Waals surface area contributed by atoms with Gasteiger partial charge >= 0.3 is 0 Å². The van der Waals surface area contributed by atoms with Gasteiger partial charge in [-0.3, -0.25) is 9.59 Å². The second-order valence-electron chi connectivity index (χ2n) is 5.90. The predicted octanol–water partition coefficient (Wildman–Crippen LogP) is 3.11. The molecule has 0 unspecified atom stereocenters. The van der Waals surface area contributed by atoms with Crippen molar-refractivity contribution in [3.05, 3.63) is 29.6 Å². The third kappa shape index (κ3) is 4.98. The third-order valence-electron chi connectivity index (χ3n) is 4.05. The fourth-order valence-corrected chi connectivity index (χ4v) is 4.12. The van der Waals surface area contributed by atoms with E-state index < -0.39 is 0 Å². The molecular weight excluding hydrogens is 370 g/mol. The van der Waals surface area contributed by atoms with Gasteiger partial charge in [-0.05, 0) is 37.1 Å². The summed E-state index contributed by atoms with van der Waals surface area (Å²) in [7, 11) is 1.63. The minimum Gasteiger partial charge on any atom is -0.497 e. The van der Waals surface area contributed by atoms with Crippen LogP contribution >= 0.6 is 23.1 Å². The molecule has 0 radical (unpaired) electrons. The fraction of sp³-hybridized carbons (Fsp3) is 0.389. The molecule has 1 aliphatic heterocycles. The number of carbonyl (C=O) groups is 2. The second-order valence-corrected chi connectivity index (χ2v) is 7.74. The number of methoxy groups -OCH3 is 1. The van der Waals surface area contributed by atoms with Crippen LogP contribution in [0.25, 0.3) is 11.3 Å². The first-order valence-electron chi connectivity index (χ1n) is 8.41. The number of nitrogens with one attached hydrogen (secondary N) is 1. The molecule has 2 aromatic rings. The van der Waals surface area contributed by atoms with Gasteiger partial charge in [0.15, 0.2) is 5.13 Å². The van der Waals surface area contributed by atoms with E-state index in [-0.39, 0.29) is 17.6 Å². The van der Waals surface area contributed by atoms with Crippen LogP contribution in [0.4, 0.5) is 5.13 Å². The van der Waals surface area contributed by atoms with Crippen molar-refractivity contribution in [2.24, 2.45) is 0 Å². The average molecular weight is 392 g/mol. The molecule has 6 nitrogen and oxygen atoms in total. The van der Waals surface area contributed by atoms with E-state index in [0.29, 0.717) is 10.9 Å². The highest BCUT2D eigenvalue weighted by Crippen LogP contribution is 2.26. The van der Waals surface area contributed by atoms with Gasteiger partial charge in [-0.2, -0.15) is 0 Å². The number of aromatic nitrogens is 1. The molecule has 0 atom stereocenters. The second kappa shape index (κ2) is 9.05. The van der Waals surface area contributed by atoms with E-state index >= 15 is 0 Å². The first-order chi connectivity index (χ1) is 12.7. The highest BCUT2D eigenvalue weighted by Gasteiger charge is 2.18. The van der Waals surface area contributed by atoms with E-state index in [9.17, 15) is 9.59 Å². The number of hydrogen-bond donors (Lipinski definition) is 1. The lowest BCUT2D eigenvalue weighted by atomic mass is 10.2. The van der Waals surface area contributed by atoms with Gasteiger partial charge in [0.1, 0.15) is 5.75 Å². The maximum atomic E-state index is 12.0. The number of thioether (sulfide) groups is 1. The van der Waals surface area contributed by atoms with Crippen molar-refractivity contribution in [2.75, 3.05) is 37.0 Å². The number of benzene rings is 1. The topological polar surface area (TPSA) is 71.5 Å². The summed E-state index contributed by atoms with van der Waals surface area (Å²) < 4.78 is 5.15. The largest absolute Gasteiger partial charge is 0.497 e. The molecule has 1 aromatic carbocycles. The van der Waals surface area contributed by atoms with Gasteiger partial charge in [0.05, 0.1) is 24.3 Å². The van der Waals surface area contributed by atoms with E-state index in [1.807, 2.05) is 34.5 Å². The van der Waals surface area contributed by atoms with Crippen LogP contribution in [0.2, 0.25) is 0 Å². The summed E-state index contributed by atoms with van der Waals surface area (Å²) in [6, 6.07) is 7.61. The molecule has 1 aliphatic rings. The van der Waals surface area contributed by atoms with Crippen LogP contribution in [0.1, 0.15) is 12.8 Å². The van der Waals surface area contributed by atoms with E-state index in [2.05, 4.69) is 10.3 Å². The van der Waals surface area contributed by atoms with Crippen LogP contribution in [0, 0.1) is 0 Å². The standard InChI is InChI=1S/C18H21N3O3S2/c1-24-14-6-4-13(5-7-14)15-10-26-18(19-15)20-16(22)11-25-12-17(23)21-8-2-3-9-21/h4-7,10H,2-3,8-9,11-12H2,1H3,(H,19,20,22).